The SMILES string of the molecule is CSC(C)(C)CNC(C)C(=O)NCc1ccco1. The first-order valence-electron chi connectivity index (χ1n) is 6.03. The predicted octanol–water partition coefficient (Wildman–Crippen LogP) is 2.02. The largest absolute Gasteiger partial charge is 0.467 e. The molecule has 0 saturated heterocycles. The van der Waals surface area contributed by atoms with Crippen LogP contribution >= 0.6 is 11.8 Å². The van der Waals surface area contributed by atoms with E-state index in [0.717, 1.165) is 12.3 Å². The number of carbonyl (C=O) groups is 1. The fourth-order valence-corrected chi connectivity index (χ4v) is 1.53. The highest BCUT2D eigenvalue weighted by Crippen LogP contribution is 2.19. The molecular formula is C13H22N2O2S. The van der Waals surface area contributed by atoms with Crippen molar-refractivity contribution in [2.24, 2.45) is 0 Å². The molecule has 0 fully saturated rings. The van der Waals surface area contributed by atoms with Crippen molar-refractivity contribution in [3.8, 4) is 0 Å². The van der Waals surface area contributed by atoms with Gasteiger partial charge in [-0.3, -0.25) is 4.79 Å². The van der Waals surface area contributed by atoms with Crippen LogP contribution in [0.2, 0.25) is 0 Å². The molecule has 0 radical (unpaired) electrons. The topological polar surface area (TPSA) is 54.3 Å². The fraction of sp³-hybridized carbons (Fsp3) is 0.615. The highest BCUT2D eigenvalue weighted by atomic mass is 32.2. The Morgan fingerprint density at radius 1 is 1.56 bits per heavy atom. The quantitative estimate of drug-likeness (QED) is 0.796. The molecule has 102 valence electrons. The van der Waals surface area contributed by atoms with Crippen LogP contribution in [0.1, 0.15) is 26.5 Å². The number of nitrogens with one attached hydrogen (secondary N) is 2. The van der Waals surface area contributed by atoms with Gasteiger partial charge in [0.05, 0.1) is 18.8 Å². The highest BCUT2D eigenvalue weighted by molar-refractivity contribution is 7.99. The first-order chi connectivity index (χ1) is 8.44. The average molecular weight is 270 g/mol. The van der Waals surface area contributed by atoms with E-state index in [9.17, 15) is 4.79 Å². The maximum Gasteiger partial charge on any atom is 0.237 e. The first kappa shape index (κ1) is 15.1. The van der Waals surface area contributed by atoms with Gasteiger partial charge in [-0.1, -0.05) is 0 Å². The summed E-state index contributed by atoms with van der Waals surface area (Å²) in [5, 5.41) is 6.08. The van der Waals surface area contributed by atoms with Gasteiger partial charge in [0.15, 0.2) is 0 Å². The van der Waals surface area contributed by atoms with Crippen molar-refractivity contribution in [1.82, 2.24) is 10.6 Å². The Morgan fingerprint density at radius 2 is 2.28 bits per heavy atom. The molecule has 1 heterocycles. The summed E-state index contributed by atoms with van der Waals surface area (Å²) in [6, 6.07) is 3.45. The summed E-state index contributed by atoms with van der Waals surface area (Å²) in [5.41, 5.74) is 0. The lowest BCUT2D eigenvalue weighted by molar-refractivity contribution is -0.123. The van der Waals surface area contributed by atoms with E-state index in [2.05, 4.69) is 30.7 Å². The Hall–Kier alpha value is -0.940. The summed E-state index contributed by atoms with van der Waals surface area (Å²) in [6.45, 7) is 7.40. The van der Waals surface area contributed by atoms with Crippen LogP contribution < -0.4 is 10.6 Å². The summed E-state index contributed by atoms with van der Waals surface area (Å²) < 4.78 is 5.29. The smallest absolute Gasteiger partial charge is 0.237 e. The minimum atomic E-state index is -0.202. The van der Waals surface area contributed by atoms with Crippen molar-refractivity contribution in [3.05, 3.63) is 24.2 Å². The minimum absolute atomic E-state index is 0.0108. The maximum absolute atomic E-state index is 11.8. The van der Waals surface area contributed by atoms with Crippen LogP contribution in [0.4, 0.5) is 0 Å². The Morgan fingerprint density at radius 3 is 2.83 bits per heavy atom. The number of hydrogen-bond acceptors (Lipinski definition) is 4. The third-order valence-electron chi connectivity index (χ3n) is 2.80. The molecule has 1 atom stereocenters. The summed E-state index contributed by atoms with van der Waals surface area (Å²) in [4.78, 5) is 11.8. The zero-order valence-electron chi connectivity index (χ0n) is 11.4. The molecule has 18 heavy (non-hydrogen) atoms. The zero-order chi connectivity index (χ0) is 13.6. The molecule has 0 aliphatic heterocycles. The van der Waals surface area contributed by atoms with Crippen LogP contribution in [-0.4, -0.2) is 29.5 Å². The molecule has 0 aromatic carbocycles. The average Bonchev–Trinajstić information content (AvgIpc) is 2.86. The molecule has 0 aliphatic rings. The first-order valence-corrected chi connectivity index (χ1v) is 7.26. The molecule has 1 unspecified atom stereocenters. The molecule has 1 rings (SSSR count). The van der Waals surface area contributed by atoms with E-state index < -0.39 is 0 Å². The van der Waals surface area contributed by atoms with Gasteiger partial charge in [0.1, 0.15) is 5.76 Å². The van der Waals surface area contributed by atoms with E-state index in [1.165, 1.54) is 0 Å². The van der Waals surface area contributed by atoms with Crippen LogP contribution in [0.25, 0.3) is 0 Å². The lowest BCUT2D eigenvalue weighted by atomic mass is 10.2. The Kier molecular flexibility index (Phi) is 5.75. The van der Waals surface area contributed by atoms with Crippen molar-refractivity contribution in [2.45, 2.75) is 38.1 Å². The summed E-state index contributed by atoms with van der Waals surface area (Å²) in [5.74, 6) is 0.753. The molecule has 5 heteroatoms. The van der Waals surface area contributed by atoms with Crippen LogP contribution in [0, 0.1) is 0 Å². The third-order valence-corrected chi connectivity index (χ3v) is 4.05. The number of carbonyl (C=O) groups excluding carboxylic acids is 1. The Labute approximate surface area is 113 Å². The number of rotatable bonds is 7. The number of amides is 1. The summed E-state index contributed by atoms with van der Waals surface area (Å²) in [6.07, 6.45) is 3.67. The van der Waals surface area contributed by atoms with Gasteiger partial charge in [-0.15, -0.1) is 0 Å². The van der Waals surface area contributed by atoms with Crippen molar-refractivity contribution in [2.75, 3.05) is 12.8 Å². The number of furan rings is 1. The van der Waals surface area contributed by atoms with Crippen molar-refractivity contribution in [3.63, 3.8) is 0 Å². The third kappa shape index (κ3) is 5.14. The van der Waals surface area contributed by atoms with Crippen LogP contribution in [-0.2, 0) is 11.3 Å². The van der Waals surface area contributed by atoms with E-state index in [0.29, 0.717) is 6.54 Å². The normalized spacial score (nSPS) is 13.3. The maximum atomic E-state index is 11.8. The molecule has 2 N–H and O–H groups in total. The van der Waals surface area contributed by atoms with E-state index >= 15 is 0 Å². The molecule has 1 aromatic rings. The predicted molar refractivity (Wildman–Crippen MR) is 75.6 cm³/mol. The lowest BCUT2D eigenvalue weighted by Crippen LogP contribution is -2.46. The number of thioether (sulfide) groups is 1. The van der Waals surface area contributed by atoms with Crippen LogP contribution in [0.3, 0.4) is 0 Å². The molecule has 1 amide bonds. The Bertz CT molecular complexity index is 363. The van der Waals surface area contributed by atoms with Crippen LogP contribution in [0.5, 0.6) is 0 Å². The van der Waals surface area contributed by atoms with Gasteiger partial charge in [0.2, 0.25) is 5.91 Å². The summed E-state index contributed by atoms with van der Waals surface area (Å²) >= 11 is 1.78. The molecule has 0 aliphatic carbocycles. The summed E-state index contributed by atoms with van der Waals surface area (Å²) in [7, 11) is 0. The molecule has 4 nitrogen and oxygen atoms in total. The fourth-order valence-electron chi connectivity index (χ4n) is 1.30. The Balaban J connectivity index is 2.29. The van der Waals surface area contributed by atoms with Gasteiger partial charge in [-0.25, -0.2) is 0 Å². The standard InChI is InChI=1S/C13H22N2O2S/c1-10(15-9-13(2,3)18-4)12(16)14-8-11-6-5-7-17-11/h5-7,10,15H,8-9H2,1-4H3,(H,14,16). The highest BCUT2D eigenvalue weighted by Gasteiger charge is 2.19. The van der Waals surface area contributed by atoms with E-state index in [4.69, 9.17) is 4.42 Å². The van der Waals surface area contributed by atoms with Gasteiger partial charge in [0.25, 0.3) is 0 Å². The molecule has 0 saturated carbocycles. The van der Waals surface area contributed by atoms with E-state index in [1.54, 1.807) is 18.0 Å². The molecular weight excluding hydrogens is 248 g/mol. The second kappa shape index (κ2) is 6.85. The van der Waals surface area contributed by atoms with Crippen molar-refractivity contribution >= 4 is 17.7 Å². The van der Waals surface area contributed by atoms with Gasteiger partial charge >= 0.3 is 0 Å². The second-order valence-electron chi connectivity index (χ2n) is 4.86. The van der Waals surface area contributed by atoms with E-state index in [1.807, 2.05) is 19.1 Å². The lowest BCUT2D eigenvalue weighted by Gasteiger charge is -2.24. The van der Waals surface area contributed by atoms with Gasteiger partial charge in [0, 0.05) is 11.3 Å². The van der Waals surface area contributed by atoms with E-state index in [-0.39, 0.29) is 16.7 Å². The van der Waals surface area contributed by atoms with Crippen molar-refractivity contribution in [1.29, 1.82) is 0 Å². The zero-order valence-corrected chi connectivity index (χ0v) is 12.3. The van der Waals surface area contributed by atoms with Gasteiger partial charge in [-0.2, -0.15) is 11.8 Å². The second-order valence-corrected chi connectivity index (χ2v) is 6.38. The monoisotopic (exact) mass is 270 g/mol. The van der Waals surface area contributed by atoms with Crippen LogP contribution in [0.15, 0.2) is 22.8 Å². The molecule has 1 aromatic heterocycles. The molecule has 0 bridgehead atoms. The van der Waals surface area contributed by atoms with Crippen molar-refractivity contribution < 1.29 is 9.21 Å². The number of hydrogen-bond donors (Lipinski definition) is 2. The van der Waals surface area contributed by atoms with Gasteiger partial charge < -0.3 is 15.1 Å². The van der Waals surface area contributed by atoms with Gasteiger partial charge in [-0.05, 0) is 39.2 Å². The molecule has 0 spiro atoms. The minimum Gasteiger partial charge on any atom is -0.467 e.